The van der Waals surface area contributed by atoms with Gasteiger partial charge in [0.05, 0.1) is 18.2 Å². The van der Waals surface area contributed by atoms with E-state index >= 15 is 0 Å². The standard InChI is InChI=1S/C20H13FN6O/c21-16-7-5-15(6-8-16)19-26-18-17(23-9-10-24-18)20(28)27(19)25-12-14-3-1-13(11-22)2-4-14/h1-10,25H,12H2. The van der Waals surface area contributed by atoms with Gasteiger partial charge in [-0.15, -0.1) is 0 Å². The molecule has 136 valence electrons. The van der Waals surface area contributed by atoms with E-state index in [1.807, 2.05) is 0 Å². The summed E-state index contributed by atoms with van der Waals surface area (Å²) in [7, 11) is 0. The topological polar surface area (TPSA) is 96.5 Å². The van der Waals surface area contributed by atoms with Crippen LogP contribution in [-0.4, -0.2) is 19.6 Å². The number of benzene rings is 2. The summed E-state index contributed by atoms with van der Waals surface area (Å²) in [6, 6.07) is 14.7. The molecule has 0 spiro atoms. The van der Waals surface area contributed by atoms with Crippen LogP contribution in [-0.2, 0) is 6.54 Å². The van der Waals surface area contributed by atoms with Gasteiger partial charge in [0.1, 0.15) is 5.82 Å². The van der Waals surface area contributed by atoms with Gasteiger partial charge in [0.25, 0.3) is 0 Å². The normalized spacial score (nSPS) is 10.6. The molecule has 0 radical (unpaired) electrons. The lowest BCUT2D eigenvalue weighted by molar-refractivity contribution is 0.628. The van der Waals surface area contributed by atoms with E-state index in [4.69, 9.17) is 5.26 Å². The minimum absolute atomic E-state index is 0.126. The van der Waals surface area contributed by atoms with E-state index in [9.17, 15) is 9.18 Å². The number of hydrogen-bond donors (Lipinski definition) is 1. The van der Waals surface area contributed by atoms with Crippen LogP contribution in [0.2, 0.25) is 0 Å². The first kappa shape index (κ1) is 17.3. The number of fused-ring (bicyclic) bond motifs is 1. The first-order valence-electron chi connectivity index (χ1n) is 8.38. The van der Waals surface area contributed by atoms with Crippen molar-refractivity contribution < 1.29 is 4.39 Å². The molecular formula is C20H13FN6O. The van der Waals surface area contributed by atoms with E-state index < -0.39 is 5.56 Å². The number of nitrogens with zero attached hydrogens (tertiary/aromatic N) is 5. The van der Waals surface area contributed by atoms with Crippen LogP contribution >= 0.6 is 0 Å². The highest BCUT2D eigenvalue weighted by Gasteiger charge is 2.14. The van der Waals surface area contributed by atoms with Gasteiger partial charge in [-0.05, 0) is 42.0 Å². The highest BCUT2D eigenvalue weighted by Crippen LogP contribution is 2.17. The molecule has 4 rings (SSSR count). The molecule has 28 heavy (non-hydrogen) atoms. The minimum Gasteiger partial charge on any atom is -0.317 e. The van der Waals surface area contributed by atoms with E-state index in [0.29, 0.717) is 23.5 Å². The van der Waals surface area contributed by atoms with Crippen LogP contribution in [0, 0.1) is 17.1 Å². The Balaban J connectivity index is 1.79. The third kappa shape index (κ3) is 3.29. The Morgan fingerprint density at radius 1 is 1.04 bits per heavy atom. The minimum atomic E-state index is -0.411. The summed E-state index contributed by atoms with van der Waals surface area (Å²) in [5.74, 6) is -0.0876. The molecule has 0 saturated carbocycles. The molecule has 2 heterocycles. The van der Waals surface area contributed by atoms with Gasteiger partial charge in [0, 0.05) is 18.0 Å². The van der Waals surface area contributed by atoms with Crippen LogP contribution in [0.3, 0.4) is 0 Å². The smallest absolute Gasteiger partial charge is 0.300 e. The molecule has 0 aliphatic carbocycles. The Hall–Kier alpha value is -4.12. The molecule has 0 unspecified atom stereocenters. The Morgan fingerprint density at radius 3 is 2.46 bits per heavy atom. The predicted molar refractivity (Wildman–Crippen MR) is 101 cm³/mol. The number of halogens is 1. The lowest BCUT2D eigenvalue weighted by Crippen LogP contribution is -2.32. The quantitative estimate of drug-likeness (QED) is 0.591. The number of rotatable bonds is 4. The first-order chi connectivity index (χ1) is 13.7. The summed E-state index contributed by atoms with van der Waals surface area (Å²) < 4.78 is 14.6. The third-order valence-corrected chi connectivity index (χ3v) is 4.13. The third-order valence-electron chi connectivity index (χ3n) is 4.13. The van der Waals surface area contributed by atoms with Crippen molar-refractivity contribution >= 4 is 11.2 Å². The average Bonchev–Trinajstić information content (AvgIpc) is 2.74. The van der Waals surface area contributed by atoms with Crippen molar-refractivity contribution in [1.82, 2.24) is 19.6 Å². The van der Waals surface area contributed by atoms with Crippen LogP contribution < -0.4 is 11.0 Å². The summed E-state index contributed by atoms with van der Waals surface area (Å²) in [6.45, 7) is 0.313. The zero-order valence-electron chi connectivity index (χ0n) is 14.5. The SMILES string of the molecule is N#Cc1ccc(CNn2c(-c3ccc(F)cc3)nc3nccnc3c2=O)cc1. The maximum absolute atomic E-state index is 13.3. The maximum Gasteiger partial charge on any atom is 0.300 e. The van der Waals surface area contributed by atoms with Crippen molar-refractivity contribution in [3.8, 4) is 17.5 Å². The molecule has 1 N–H and O–H groups in total. The lowest BCUT2D eigenvalue weighted by Gasteiger charge is -2.15. The molecule has 0 aliphatic rings. The van der Waals surface area contributed by atoms with Crippen molar-refractivity contribution in [3.63, 3.8) is 0 Å². The second kappa shape index (κ2) is 7.25. The molecule has 2 aromatic heterocycles. The molecule has 0 amide bonds. The van der Waals surface area contributed by atoms with E-state index in [-0.39, 0.29) is 17.0 Å². The molecule has 7 nitrogen and oxygen atoms in total. The summed E-state index contributed by atoms with van der Waals surface area (Å²) in [6.07, 6.45) is 2.88. The van der Waals surface area contributed by atoms with Gasteiger partial charge in [-0.3, -0.25) is 4.79 Å². The number of nitrogens with one attached hydrogen (secondary N) is 1. The monoisotopic (exact) mass is 372 g/mol. The fourth-order valence-corrected chi connectivity index (χ4v) is 2.72. The maximum atomic E-state index is 13.3. The van der Waals surface area contributed by atoms with Crippen LogP contribution in [0.1, 0.15) is 11.1 Å². The fourth-order valence-electron chi connectivity index (χ4n) is 2.72. The van der Waals surface area contributed by atoms with Crippen molar-refractivity contribution in [2.75, 3.05) is 5.43 Å². The average molecular weight is 372 g/mol. The Bertz CT molecular complexity index is 1240. The highest BCUT2D eigenvalue weighted by molar-refractivity contribution is 5.71. The molecular weight excluding hydrogens is 359 g/mol. The molecule has 0 bridgehead atoms. The van der Waals surface area contributed by atoms with Crippen LogP contribution in [0.15, 0.2) is 65.7 Å². The zero-order chi connectivity index (χ0) is 19.5. The number of nitriles is 1. The molecule has 0 fully saturated rings. The van der Waals surface area contributed by atoms with E-state index in [1.54, 1.807) is 36.4 Å². The fraction of sp³-hybridized carbons (Fsp3) is 0.0500. The molecule has 0 saturated heterocycles. The zero-order valence-corrected chi connectivity index (χ0v) is 14.5. The summed E-state index contributed by atoms with van der Waals surface area (Å²) in [4.78, 5) is 25.6. The van der Waals surface area contributed by atoms with Crippen molar-refractivity contribution in [2.45, 2.75) is 6.54 Å². The Kier molecular flexibility index (Phi) is 4.48. The highest BCUT2D eigenvalue weighted by atomic mass is 19.1. The lowest BCUT2D eigenvalue weighted by atomic mass is 10.1. The number of aromatic nitrogens is 4. The van der Waals surface area contributed by atoms with Crippen LogP contribution in [0.4, 0.5) is 4.39 Å². The Labute approximate surface area is 158 Å². The van der Waals surface area contributed by atoms with Gasteiger partial charge in [0.2, 0.25) is 0 Å². The van der Waals surface area contributed by atoms with Gasteiger partial charge in [-0.2, -0.15) is 5.26 Å². The van der Waals surface area contributed by atoms with Gasteiger partial charge in [-0.25, -0.2) is 24.0 Å². The van der Waals surface area contributed by atoms with Gasteiger partial charge < -0.3 is 5.43 Å². The Morgan fingerprint density at radius 2 is 1.75 bits per heavy atom. The van der Waals surface area contributed by atoms with Crippen molar-refractivity contribution in [2.24, 2.45) is 0 Å². The molecule has 0 aliphatic heterocycles. The summed E-state index contributed by atoms with van der Waals surface area (Å²) in [5, 5.41) is 8.90. The first-order valence-corrected chi connectivity index (χ1v) is 8.38. The summed E-state index contributed by atoms with van der Waals surface area (Å²) >= 11 is 0. The molecule has 0 atom stereocenters. The van der Waals surface area contributed by atoms with Gasteiger partial charge in [-0.1, -0.05) is 12.1 Å². The van der Waals surface area contributed by atoms with Crippen molar-refractivity contribution in [1.29, 1.82) is 5.26 Å². The van der Waals surface area contributed by atoms with E-state index in [1.165, 1.54) is 29.2 Å². The second-order valence-corrected chi connectivity index (χ2v) is 5.96. The molecule has 2 aromatic carbocycles. The predicted octanol–water partition coefficient (Wildman–Crippen LogP) is 2.61. The number of hydrogen-bond acceptors (Lipinski definition) is 6. The van der Waals surface area contributed by atoms with Gasteiger partial charge >= 0.3 is 5.56 Å². The van der Waals surface area contributed by atoms with Crippen LogP contribution in [0.25, 0.3) is 22.6 Å². The van der Waals surface area contributed by atoms with Gasteiger partial charge in [0.15, 0.2) is 17.0 Å². The summed E-state index contributed by atoms with van der Waals surface area (Å²) in [5.41, 5.74) is 4.94. The second-order valence-electron chi connectivity index (χ2n) is 5.96. The largest absolute Gasteiger partial charge is 0.317 e. The van der Waals surface area contributed by atoms with Crippen molar-refractivity contribution in [3.05, 3.63) is 88.2 Å². The van der Waals surface area contributed by atoms with E-state index in [0.717, 1.165) is 5.56 Å². The molecule has 8 heteroatoms. The van der Waals surface area contributed by atoms with Crippen LogP contribution in [0.5, 0.6) is 0 Å². The van der Waals surface area contributed by atoms with E-state index in [2.05, 4.69) is 26.4 Å². The molecule has 4 aromatic rings.